The molecule has 0 saturated heterocycles. The van der Waals surface area contributed by atoms with Crippen LogP contribution in [0.15, 0.2) is 65.2 Å². The highest BCUT2D eigenvalue weighted by atomic mass is 35.5. The van der Waals surface area contributed by atoms with Gasteiger partial charge in [-0.05, 0) is 55.5 Å². The van der Waals surface area contributed by atoms with Gasteiger partial charge in [-0.25, -0.2) is 14.1 Å². The van der Waals surface area contributed by atoms with Crippen molar-refractivity contribution in [2.75, 3.05) is 5.32 Å². The van der Waals surface area contributed by atoms with Crippen LogP contribution in [-0.2, 0) is 11.2 Å². The number of hydrogen-bond donors (Lipinski definition) is 1. The maximum Gasteiger partial charge on any atom is 0.226 e. The van der Waals surface area contributed by atoms with Crippen molar-refractivity contribution >= 4 is 23.3 Å². The largest absolute Gasteiger partial charge is 0.441 e. The van der Waals surface area contributed by atoms with E-state index >= 15 is 0 Å². The van der Waals surface area contributed by atoms with Gasteiger partial charge in [0.1, 0.15) is 11.6 Å². The zero-order chi connectivity index (χ0) is 21.1. The number of oxazole rings is 1. The summed E-state index contributed by atoms with van der Waals surface area (Å²) in [5.74, 6) is 1.06. The van der Waals surface area contributed by atoms with Gasteiger partial charge in [0, 0.05) is 29.5 Å². The summed E-state index contributed by atoms with van der Waals surface area (Å²) in [7, 11) is 0. The van der Waals surface area contributed by atoms with Gasteiger partial charge >= 0.3 is 0 Å². The van der Waals surface area contributed by atoms with Gasteiger partial charge in [-0.1, -0.05) is 11.6 Å². The summed E-state index contributed by atoms with van der Waals surface area (Å²) in [6, 6.07) is 14.9. The van der Waals surface area contributed by atoms with E-state index in [1.54, 1.807) is 41.2 Å². The minimum Gasteiger partial charge on any atom is -0.441 e. The fourth-order valence-corrected chi connectivity index (χ4v) is 3.09. The van der Waals surface area contributed by atoms with Crippen molar-refractivity contribution < 1.29 is 13.6 Å². The van der Waals surface area contributed by atoms with E-state index in [1.807, 2.05) is 19.1 Å². The molecule has 0 aliphatic carbocycles. The first-order valence-corrected chi connectivity index (χ1v) is 9.69. The minimum atomic E-state index is -0.336. The van der Waals surface area contributed by atoms with Crippen LogP contribution in [0.4, 0.5) is 10.2 Å². The van der Waals surface area contributed by atoms with Crippen molar-refractivity contribution in [3.8, 4) is 17.0 Å². The number of benzene rings is 2. The molecule has 0 atom stereocenters. The van der Waals surface area contributed by atoms with Crippen LogP contribution in [0.5, 0.6) is 0 Å². The zero-order valence-electron chi connectivity index (χ0n) is 16.1. The molecule has 0 aliphatic heterocycles. The van der Waals surface area contributed by atoms with E-state index in [2.05, 4.69) is 15.4 Å². The molecule has 0 radical (unpaired) electrons. The van der Waals surface area contributed by atoms with E-state index in [-0.39, 0.29) is 18.1 Å². The Morgan fingerprint density at radius 3 is 2.63 bits per heavy atom. The van der Waals surface area contributed by atoms with Crippen LogP contribution < -0.4 is 5.32 Å². The Labute approximate surface area is 177 Å². The number of aromatic nitrogens is 3. The third-order valence-corrected chi connectivity index (χ3v) is 4.67. The normalized spacial score (nSPS) is 10.9. The molecule has 0 fully saturated rings. The summed E-state index contributed by atoms with van der Waals surface area (Å²) < 4.78 is 20.5. The molecule has 0 bridgehead atoms. The van der Waals surface area contributed by atoms with E-state index in [0.29, 0.717) is 34.6 Å². The Morgan fingerprint density at radius 2 is 1.90 bits per heavy atom. The van der Waals surface area contributed by atoms with Gasteiger partial charge in [0.2, 0.25) is 5.91 Å². The molecule has 8 heteroatoms. The van der Waals surface area contributed by atoms with E-state index in [1.165, 1.54) is 12.1 Å². The smallest absolute Gasteiger partial charge is 0.226 e. The number of rotatable bonds is 6. The maximum absolute atomic E-state index is 13.2. The van der Waals surface area contributed by atoms with Crippen molar-refractivity contribution in [3.05, 3.63) is 83.2 Å². The Balaban J connectivity index is 1.40. The average molecular weight is 425 g/mol. The van der Waals surface area contributed by atoms with Crippen molar-refractivity contribution in [2.24, 2.45) is 0 Å². The third kappa shape index (κ3) is 4.58. The summed E-state index contributed by atoms with van der Waals surface area (Å²) in [4.78, 5) is 16.7. The Kier molecular flexibility index (Phi) is 5.63. The van der Waals surface area contributed by atoms with Crippen LogP contribution >= 0.6 is 11.6 Å². The molecule has 0 aliphatic rings. The summed E-state index contributed by atoms with van der Waals surface area (Å²) in [6.07, 6.45) is 2.17. The second kappa shape index (κ2) is 8.51. The highest BCUT2D eigenvalue weighted by Crippen LogP contribution is 2.23. The molecular weight excluding hydrogens is 407 g/mol. The predicted molar refractivity (Wildman–Crippen MR) is 112 cm³/mol. The van der Waals surface area contributed by atoms with Gasteiger partial charge in [-0.15, -0.1) is 0 Å². The third-order valence-electron chi connectivity index (χ3n) is 4.42. The molecule has 0 spiro atoms. The SMILES string of the molecule is Cc1cc(NC(=O)CCc2ncc(-c3ccc(Cl)cc3)o2)n(-c2ccc(F)cc2)n1. The number of carbonyl (C=O) groups excluding carboxylic acids is 1. The number of aryl methyl sites for hydroxylation is 2. The number of anilines is 1. The number of hydrogen-bond acceptors (Lipinski definition) is 4. The fraction of sp³-hybridized carbons (Fsp3) is 0.136. The van der Waals surface area contributed by atoms with E-state index in [0.717, 1.165) is 11.3 Å². The maximum atomic E-state index is 13.2. The molecule has 2 aromatic carbocycles. The summed E-state index contributed by atoms with van der Waals surface area (Å²) in [5, 5.41) is 7.85. The fourth-order valence-electron chi connectivity index (χ4n) is 2.97. The van der Waals surface area contributed by atoms with Crippen LogP contribution in [0.3, 0.4) is 0 Å². The van der Waals surface area contributed by atoms with Crippen molar-refractivity contribution in [2.45, 2.75) is 19.8 Å². The van der Waals surface area contributed by atoms with Crippen molar-refractivity contribution in [1.29, 1.82) is 0 Å². The number of nitrogens with one attached hydrogen (secondary N) is 1. The highest BCUT2D eigenvalue weighted by Gasteiger charge is 2.13. The predicted octanol–water partition coefficient (Wildman–Crippen LogP) is 5.20. The molecule has 2 aromatic heterocycles. The first kappa shape index (κ1) is 19.8. The molecule has 152 valence electrons. The number of carbonyl (C=O) groups is 1. The van der Waals surface area contributed by atoms with Crippen LogP contribution in [0, 0.1) is 12.7 Å². The van der Waals surface area contributed by atoms with Gasteiger partial charge in [-0.2, -0.15) is 5.10 Å². The Bertz CT molecular complexity index is 1170. The van der Waals surface area contributed by atoms with E-state index in [9.17, 15) is 9.18 Å². The standard InChI is InChI=1S/C22H18ClFN4O2/c1-14-12-20(28(27-14)18-8-6-17(24)7-9-18)26-21(29)10-11-22-25-13-19(30-22)15-2-4-16(23)5-3-15/h2-9,12-13H,10-11H2,1H3,(H,26,29). The van der Waals surface area contributed by atoms with Gasteiger partial charge in [0.15, 0.2) is 11.7 Å². The van der Waals surface area contributed by atoms with Crippen molar-refractivity contribution in [3.63, 3.8) is 0 Å². The van der Waals surface area contributed by atoms with E-state index < -0.39 is 0 Å². The lowest BCUT2D eigenvalue weighted by Crippen LogP contribution is -2.15. The number of amides is 1. The Hall–Kier alpha value is -3.45. The molecule has 4 aromatic rings. The topological polar surface area (TPSA) is 73.0 Å². The summed E-state index contributed by atoms with van der Waals surface area (Å²) >= 11 is 5.90. The first-order valence-electron chi connectivity index (χ1n) is 9.31. The van der Waals surface area contributed by atoms with Crippen LogP contribution in [-0.4, -0.2) is 20.7 Å². The van der Waals surface area contributed by atoms with Gasteiger partial charge in [0.05, 0.1) is 17.6 Å². The molecule has 0 unspecified atom stereocenters. The molecule has 0 saturated carbocycles. The lowest BCUT2D eigenvalue weighted by Gasteiger charge is -2.08. The van der Waals surface area contributed by atoms with Crippen LogP contribution in [0.25, 0.3) is 17.0 Å². The first-order chi connectivity index (χ1) is 14.5. The van der Waals surface area contributed by atoms with Crippen LogP contribution in [0.2, 0.25) is 5.02 Å². The van der Waals surface area contributed by atoms with E-state index in [4.69, 9.17) is 16.0 Å². The number of halogens is 2. The van der Waals surface area contributed by atoms with Gasteiger partial charge in [-0.3, -0.25) is 4.79 Å². The molecule has 30 heavy (non-hydrogen) atoms. The number of nitrogens with zero attached hydrogens (tertiary/aromatic N) is 3. The second-order valence-corrected chi connectivity index (χ2v) is 7.17. The minimum absolute atomic E-state index is 0.189. The second-order valence-electron chi connectivity index (χ2n) is 6.73. The van der Waals surface area contributed by atoms with Crippen molar-refractivity contribution in [1.82, 2.24) is 14.8 Å². The zero-order valence-corrected chi connectivity index (χ0v) is 16.9. The lowest BCUT2D eigenvalue weighted by atomic mass is 10.2. The lowest BCUT2D eigenvalue weighted by molar-refractivity contribution is -0.116. The molecular formula is C22H18ClFN4O2. The monoisotopic (exact) mass is 424 g/mol. The Morgan fingerprint density at radius 1 is 1.17 bits per heavy atom. The quantitative estimate of drug-likeness (QED) is 0.461. The summed E-state index contributed by atoms with van der Waals surface area (Å²) in [5.41, 5.74) is 2.25. The molecule has 1 amide bonds. The highest BCUT2D eigenvalue weighted by molar-refractivity contribution is 6.30. The van der Waals surface area contributed by atoms with Crippen LogP contribution in [0.1, 0.15) is 18.0 Å². The molecule has 4 rings (SSSR count). The van der Waals surface area contributed by atoms with Gasteiger partial charge < -0.3 is 9.73 Å². The van der Waals surface area contributed by atoms with Gasteiger partial charge in [0.25, 0.3) is 0 Å². The molecule has 6 nitrogen and oxygen atoms in total. The average Bonchev–Trinajstić information content (AvgIpc) is 3.34. The molecule has 1 N–H and O–H groups in total. The molecule has 2 heterocycles. The summed E-state index contributed by atoms with van der Waals surface area (Å²) in [6.45, 7) is 1.82.